The number of ketones is 1. The lowest BCUT2D eigenvalue weighted by Gasteiger charge is -2.09. The molecule has 0 aliphatic rings. The van der Waals surface area contributed by atoms with Crippen LogP contribution in [0.4, 0.5) is 0 Å². The average molecular weight is 328 g/mol. The van der Waals surface area contributed by atoms with Crippen molar-refractivity contribution in [2.75, 3.05) is 13.6 Å². The van der Waals surface area contributed by atoms with Crippen LogP contribution in [0.15, 0.2) is 23.3 Å². The van der Waals surface area contributed by atoms with Gasteiger partial charge in [-0.1, -0.05) is 80.0 Å². The fourth-order valence-electron chi connectivity index (χ4n) is 1.62. The van der Waals surface area contributed by atoms with Gasteiger partial charge in [0.05, 0.1) is 0 Å². The number of carbonyl (C=O) groups is 1. The molecule has 0 aromatic heterocycles. The fraction of sp³-hybridized carbons (Fsp3) is 0.762. The predicted molar refractivity (Wildman–Crippen MR) is 109 cm³/mol. The summed E-state index contributed by atoms with van der Waals surface area (Å²) in [4.78, 5) is 11.6. The molecule has 140 valence electrons. The van der Waals surface area contributed by atoms with Gasteiger partial charge in [0.2, 0.25) is 0 Å². The number of Topliss-reactive ketones (excluding diaryl/α,β-unsaturated/α-hetero) is 1. The van der Waals surface area contributed by atoms with Crippen LogP contribution >= 0.6 is 0 Å². The minimum atomic E-state index is 0.149. The van der Waals surface area contributed by atoms with Gasteiger partial charge >= 0.3 is 0 Å². The summed E-state index contributed by atoms with van der Waals surface area (Å²) in [5, 5.41) is 3.16. The van der Waals surface area contributed by atoms with Gasteiger partial charge in [-0.25, -0.2) is 0 Å². The summed E-state index contributed by atoms with van der Waals surface area (Å²) in [6.07, 6.45) is 6.88. The summed E-state index contributed by atoms with van der Waals surface area (Å²) in [6.45, 7) is 21.1. The highest BCUT2D eigenvalue weighted by Gasteiger charge is 2.08. The number of carbonyl (C=O) groups excluding carboxylic acids is 1. The summed E-state index contributed by atoms with van der Waals surface area (Å²) in [7, 11) is 1.95. The van der Waals surface area contributed by atoms with Crippen molar-refractivity contribution in [2.45, 2.75) is 88.5 Å². The summed E-state index contributed by atoms with van der Waals surface area (Å²) in [6, 6.07) is 0. The second kappa shape index (κ2) is 26.0. The monoisotopic (exact) mass is 327 g/mol. The predicted octanol–water partition coefficient (Wildman–Crippen LogP) is 6.57. The largest absolute Gasteiger partial charge is 0.316 e. The van der Waals surface area contributed by atoms with Crippen molar-refractivity contribution in [1.29, 1.82) is 0 Å². The molecular formula is C21H45NO. The van der Waals surface area contributed by atoms with E-state index in [9.17, 15) is 4.79 Å². The zero-order valence-electron chi connectivity index (χ0n) is 18.0. The SMILES string of the molecule is CC.CC.CC.CC/C=C\C(CCC(=O)C(C)C)=C(/C)CNC. The van der Waals surface area contributed by atoms with E-state index in [1.807, 2.05) is 62.4 Å². The van der Waals surface area contributed by atoms with Crippen molar-refractivity contribution in [3.63, 3.8) is 0 Å². The molecular weight excluding hydrogens is 282 g/mol. The van der Waals surface area contributed by atoms with Crippen LogP contribution in [0.25, 0.3) is 0 Å². The zero-order chi connectivity index (χ0) is 19.3. The first-order chi connectivity index (χ1) is 11.0. The van der Waals surface area contributed by atoms with Gasteiger partial charge in [0.15, 0.2) is 0 Å². The lowest BCUT2D eigenvalue weighted by molar-refractivity contribution is -0.121. The highest BCUT2D eigenvalue weighted by Crippen LogP contribution is 2.15. The molecule has 0 spiro atoms. The maximum absolute atomic E-state index is 11.6. The molecule has 0 aliphatic heterocycles. The molecule has 0 rings (SSSR count). The minimum Gasteiger partial charge on any atom is -0.316 e. The average Bonchev–Trinajstić information content (AvgIpc) is 2.60. The standard InChI is InChI=1S/C15H27NO.3C2H6/c1-6-7-8-14(13(4)11-16-5)9-10-15(17)12(2)3;3*1-2/h7-8,12,16H,6,9-11H2,1-5H3;3*1-2H3/b8-7-,14-13-;;;. The number of hydrogen-bond acceptors (Lipinski definition) is 2. The van der Waals surface area contributed by atoms with Crippen LogP contribution < -0.4 is 5.32 Å². The Labute approximate surface area is 147 Å². The molecule has 23 heavy (non-hydrogen) atoms. The van der Waals surface area contributed by atoms with Gasteiger partial charge in [0.25, 0.3) is 0 Å². The van der Waals surface area contributed by atoms with E-state index < -0.39 is 0 Å². The molecule has 0 unspecified atom stereocenters. The molecule has 0 fully saturated rings. The van der Waals surface area contributed by atoms with Crippen molar-refractivity contribution >= 4 is 5.78 Å². The van der Waals surface area contributed by atoms with Crippen LogP contribution in [0.5, 0.6) is 0 Å². The summed E-state index contributed by atoms with van der Waals surface area (Å²) in [5.41, 5.74) is 2.63. The Bertz CT molecular complexity index is 288. The Morgan fingerprint density at radius 1 is 1.00 bits per heavy atom. The summed E-state index contributed by atoms with van der Waals surface area (Å²) in [5.74, 6) is 0.501. The highest BCUT2D eigenvalue weighted by molar-refractivity contribution is 5.80. The first-order valence-electron chi connectivity index (χ1n) is 9.55. The minimum absolute atomic E-state index is 0.149. The Morgan fingerprint density at radius 3 is 1.83 bits per heavy atom. The number of rotatable bonds is 8. The maximum atomic E-state index is 11.6. The molecule has 0 saturated heterocycles. The third kappa shape index (κ3) is 21.1. The van der Waals surface area contributed by atoms with Crippen molar-refractivity contribution in [3.05, 3.63) is 23.3 Å². The maximum Gasteiger partial charge on any atom is 0.135 e. The zero-order valence-corrected chi connectivity index (χ0v) is 18.0. The van der Waals surface area contributed by atoms with Crippen molar-refractivity contribution in [2.24, 2.45) is 5.92 Å². The molecule has 0 radical (unpaired) electrons. The number of likely N-dealkylation sites (N-methyl/N-ethyl adjacent to an activating group) is 1. The second-order valence-corrected chi connectivity index (χ2v) is 4.77. The number of allylic oxidation sites excluding steroid dienone is 3. The van der Waals surface area contributed by atoms with Crippen LogP contribution in [0, 0.1) is 5.92 Å². The normalized spacial score (nSPS) is 10.6. The van der Waals surface area contributed by atoms with E-state index in [2.05, 4.69) is 31.3 Å². The van der Waals surface area contributed by atoms with E-state index in [0.29, 0.717) is 12.2 Å². The lowest BCUT2D eigenvalue weighted by atomic mass is 9.98. The van der Waals surface area contributed by atoms with Gasteiger partial charge in [0.1, 0.15) is 5.78 Å². The molecule has 2 nitrogen and oxygen atoms in total. The number of nitrogens with one attached hydrogen (secondary N) is 1. The van der Waals surface area contributed by atoms with Gasteiger partial charge < -0.3 is 5.32 Å². The van der Waals surface area contributed by atoms with E-state index >= 15 is 0 Å². The Balaban J connectivity index is -0.000000267. The Kier molecular flexibility index (Phi) is 34.0. The third-order valence-corrected chi connectivity index (χ3v) is 2.83. The lowest BCUT2D eigenvalue weighted by Crippen LogP contribution is -2.11. The topological polar surface area (TPSA) is 29.1 Å². The summed E-state index contributed by atoms with van der Waals surface area (Å²) >= 11 is 0. The third-order valence-electron chi connectivity index (χ3n) is 2.83. The van der Waals surface area contributed by atoms with Crippen LogP contribution in [-0.4, -0.2) is 19.4 Å². The van der Waals surface area contributed by atoms with Gasteiger partial charge in [-0.2, -0.15) is 0 Å². The van der Waals surface area contributed by atoms with Gasteiger partial charge in [-0.3, -0.25) is 4.79 Å². The molecule has 0 amide bonds. The van der Waals surface area contributed by atoms with Gasteiger partial charge in [-0.15, -0.1) is 0 Å². The first-order valence-corrected chi connectivity index (χ1v) is 9.55. The van der Waals surface area contributed by atoms with Crippen LogP contribution in [-0.2, 0) is 4.79 Å². The van der Waals surface area contributed by atoms with Gasteiger partial charge in [-0.05, 0) is 32.4 Å². The Morgan fingerprint density at radius 2 is 1.48 bits per heavy atom. The number of hydrogen-bond donors (Lipinski definition) is 1. The molecule has 0 bridgehead atoms. The van der Waals surface area contributed by atoms with E-state index in [0.717, 1.165) is 19.4 Å². The fourth-order valence-corrected chi connectivity index (χ4v) is 1.62. The van der Waals surface area contributed by atoms with E-state index in [4.69, 9.17) is 0 Å². The highest BCUT2D eigenvalue weighted by atomic mass is 16.1. The second-order valence-electron chi connectivity index (χ2n) is 4.77. The molecule has 0 saturated carbocycles. The molecule has 0 aromatic rings. The molecule has 0 atom stereocenters. The molecule has 0 heterocycles. The van der Waals surface area contributed by atoms with E-state index in [1.54, 1.807) is 0 Å². The van der Waals surface area contributed by atoms with Crippen LogP contribution in [0.2, 0.25) is 0 Å². The van der Waals surface area contributed by atoms with E-state index in [-0.39, 0.29) is 5.92 Å². The van der Waals surface area contributed by atoms with Crippen molar-refractivity contribution in [1.82, 2.24) is 5.32 Å². The van der Waals surface area contributed by atoms with Crippen LogP contribution in [0.1, 0.15) is 88.5 Å². The molecule has 2 heteroatoms. The van der Waals surface area contributed by atoms with Crippen molar-refractivity contribution < 1.29 is 4.79 Å². The van der Waals surface area contributed by atoms with Crippen LogP contribution in [0.3, 0.4) is 0 Å². The molecule has 1 N–H and O–H groups in total. The first kappa shape index (κ1) is 30.0. The van der Waals surface area contributed by atoms with Gasteiger partial charge in [0, 0.05) is 18.9 Å². The van der Waals surface area contributed by atoms with Crippen molar-refractivity contribution in [3.8, 4) is 0 Å². The molecule has 0 aliphatic carbocycles. The quantitative estimate of drug-likeness (QED) is 0.511. The van der Waals surface area contributed by atoms with E-state index in [1.165, 1.54) is 11.1 Å². The Hall–Kier alpha value is -0.890. The smallest absolute Gasteiger partial charge is 0.135 e. The summed E-state index contributed by atoms with van der Waals surface area (Å²) < 4.78 is 0. The molecule has 0 aromatic carbocycles.